The summed E-state index contributed by atoms with van der Waals surface area (Å²) in [4.78, 5) is 11.0. The molecule has 4 rings (SSSR count). The van der Waals surface area contributed by atoms with Gasteiger partial charge in [0.15, 0.2) is 23.0 Å². The van der Waals surface area contributed by atoms with E-state index >= 15 is 0 Å². The lowest BCUT2D eigenvalue weighted by Gasteiger charge is -2.19. The number of benzene rings is 2. The van der Waals surface area contributed by atoms with Crippen molar-refractivity contribution in [3.05, 3.63) is 35.9 Å². The van der Waals surface area contributed by atoms with Crippen molar-refractivity contribution in [3.8, 4) is 23.0 Å². The average Bonchev–Trinajstić information content (AvgIpc) is 3.14. The molecule has 8 heteroatoms. The number of nitrogen functional groups attached to an aromatic ring is 1. The largest absolute Gasteiger partial charge is 0.493 e. The van der Waals surface area contributed by atoms with E-state index in [9.17, 15) is 0 Å². The standard InChI is InChI=1S/C19H20N4O4/c1-23(9-11-4-5-14-17(6-11)27-10-26-14)19-21-13-8-16(25-3)15(24-2)7-12(13)18(20)22-19/h4-8H,9-10H2,1-3H3,(H2,20,21,22). The van der Waals surface area contributed by atoms with Gasteiger partial charge in [0.2, 0.25) is 12.7 Å². The third-order valence-corrected chi connectivity index (χ3v) is 4.42. The highest BCUT2D eigenvalue weighted by Crippen LogP contribution is 2.35. The van der Waals surface area contributed by atoms with Crippen LogP contribution in [0.5, 0.6) is 23.0 Å². The van der Waals surface area contributed by atoms with Crippen molar-refractivity contribution in [2.45, 2.75) is 6.54 Å². The fraction of sp³-hybridized carbons (Fsp3) is 0.263. The Hall–Kier alpha value is -3.42. The maximum atomic E-state index is 6.17. The van der Waals surface area contributed by atoms with Crippen LogP contribution in [0.1, 0.15) is 5.56 Å². The number of nitrogens with two attached hydrogens (primary N) is 1. The molecule has 0 aliphatic carbocycles. The van der Waals surface area contributed by atoms with Gasteiger partial charge in [-0.1, -0.05) is 6.07 Å². The highest BCUT2D eigenvalue weighted by Gasteiger charge is 2.16. The van der Waals surface area contributed by atoms with E-state index in [2.05, 4.69) is 9.97 Å². The zero-order valence-electron chi connectivity index (χ0n) is 15.4. The second kappa shape index (κ2) is 6.71. The summed E-state index contributed by atoms with van der Waals surface area (Å²) in [7, 11) is 5.07. The average molecular weight is 368 g/mol. The van der Waals surface area contributed by atoms with Crippen molar-refractivity contribution >= 4 is 22.7 Å². The molecule has 0 fully saturated rings. The number of methoxy groups -OCH3 is 2. The summed E-state index contributed by atoms with van der Waals surface area (Å²) in [6.07, 6.45) is 0. The van der Waals surface area contributed by atoms with Gasteiger partial charge in [-0.25, -0.2) is 4.98 Å². The number of anilines is 2. The molecule has 1 aliphatic heterocycles. The molecule has 0 spiro atoms. The van der Waals surface area contributed by atoms with Crippen molar-refractivity contribution in [2.24, 2.45) is 0 Å². The minimum Gasteiger partial charge on any atom is -0.493 e. The van der Waals surface area contributed by atoms with Crippen molar-refractivity contribution in [2.75, 3.05) is 38.7 Å². The van der Waals surface area contributed by atoms with E-state index in [1.54, 1.807) is 26.4 Å². The van der Waals surface area contributed by atoms with Gasteiger partial charge in [0, 0.05) is 25.0 Å². The van der Waals surface area contributed by atoms with Crippen molar-refractivity contribution in [1.82, 2.24) is 9.97 Å². The van der Waals surface area contributed by atoms with E-state index in [0.717, 1.165) is 17.1 Å². The first-order chi connectivity index (χ1) is 13.1. The number of ether oxygens (including phenoxy) is 4. The SMILES string of the molecule is COc1cc2nc(N(C)Cc3ccc4c(c3)OCO4)nc(N)c2cc1OC. The Bertz CT molecular complexity index is 1010. The minimum absolute atomic E-state index is 0.254. The van der Waals surface area contributed by atoms with Crippen LogP contribution in [0, 0.1) is 0 Å². The molecule has 0 saturated heterocycles. The molecule has 3 aromatic rings. The number of fused-ring (bicyclic) bond motifs is 2. The van der Waals surface area contributed by atoms with Gasteiger partial charge in [0.05, 0.1) is 19.7 Å². The van der Waals surface area contributed by atoms with Gasteiger partial charge in [-0.05, 0) is 23.8 Å². The molecule has 2 heterocycles. The number of aromatic nitrogens is 2. The van der Waals surface area contributed by atoms with E-state index in [0.29, 0.717) is 40.7 Å². The molecule has 0 atom stereocenters. The van der Waals surface area contributed by atoms with Gasteiger partial charge in [-0.2, -0.15) is 4.98 Å². The Kier molecular flexibility index (Phi) is 4.23. The molecule has 8 nitrogen and oxygen atoms in total. The molecule has 140 valence electrons. The van der Waals surface area contributed by atoms with Crippen LogP contribution in [-0.4, -0.2) is 38.0 Å². The maximum absolute atomic E-state index is 6.17. The Morgan fingerprint density at radius 2 is 1.78 bits per heavy atom. The van der Waals surface area contributed by atoms with Crippen LogP contribution in [-0.2, 0) is 6.54 Å². The molecule has 0 saturated carbocycles. The zero-order valence-corrected chi connectivity index (χ0v) is 15.4. The number of hydrogen-bond acceptors (Lipinski definition) is 8. The van der Waals surface area contributed by atoms with Crippen molar-refractivity contribution in [1.29, 1.82) is 0 Å². The predicted octanol–water partition coefficient (Wildman–Crippen LogP) is 2.59. The van der Waals surface area contributed by atoms with Crippen LogP contribution >= 0.6 is 0 Å². The normalized spacial score (nSPS) is 12.3. The lowest BCUT2D eigenvalue weighted by Crippen LogP contribution is -2.19. The monoisotopic (exact) mass is 368 g/mol. The molecular weight excluding hydrogens is 348 g/mol. The first kappa shape index (κ1) is 17.0. The van der Waals surface area contributed by atoms with Gasteiger partial charge >= 0.3 is 0 Å². The number of nitrogens with zero attached hydrogens (tertiary/aromatic N) is 3. The van der Waals surface area contributed by atoms with Gasteiger partial charge < -0.3 is 29.6 Å². The molecular formula is C19H20N4O4. The second-order valence-corrected chi connectivity index (χ2v) is 6.18. The Balaban J connectivity index is 1.66. The summed E-state index contributed by atoms with van der Waals surface area (Å²) in [6.45, 7) is 0.846. The number of rotatable bonds is 5. The van der Waals surface area contributed by atoms with Crippen molar-refractivity contribution < 1.29 is 18.9 Å². The lowest BCUT2D eigenvalue weighted by molar-refractivity contribution is 0.174. The molecule has 0 amide bonds. The first-order valence-corrected chi connectivity index (χ1v) is 8.38. The summed E-state index contributed by atoms with van der Waals surface area (Å²) in [5, 5.41) is 0.716. The maximum Gasteiger partial charge on any atom is 0.231 e. The smallest absolute Gasteiger partial charge is 0.231 e. The summed E-state index contributed by atoms with van der Waals surface area (Å²) in [5.41, 5.74) is 7.91. The van der Waals surface area contributed by atoms with Crippen LogP contribution < -0.4 is 29.6 Å². The predicted molar refractivity (Wildman–Crippen MR) is 102 cm³/mol. The van der Waals surface area contributed by atoms with Gasteiger partial charge in [0.1, 0.15) is 5.82 Å². The van der Waals surface area contributed by atoms with Crippen molar-refractivity contribution in [3.63, 3.8) is 0 Å². The summed E-state index contributed by atoms with van der Waals surface area (Å²) in [5.74, 6) is 3.58. The Morgan fingerprint density at radius 3 is 2.56 bits per heavy atom. The van der Waals surface area contributed by atoms with Gasteiger partial charge in [-0.15, -0.1) is 0 Å². The van der Waals surface area contributed by atoms with Crippen LogP contribution in [0.25, 0.3) is 10.9 Å². The van der Waals surface area contributed by atoms with E-state index < -0.39 is 0 Å². The van der Waals surface area contributed by atoms with Crippen LogP contribution in [0.15, 0.2) is 30.3 Å². The minimum atomic E-state index is 0.254. The summed E-state index contributed by atoms with van der Waals surface area (Å²) < 4.78 is 21.5. The molecule has 1 aromatic heterocycles. The Morgan fingerprint density at radius 1 is 1.04 bits per heavy atom. The molecule has 1 aliphatic rings. The zero-order chi connectivity index (χ0) is 19.0. The van der Waals surface area contributed by atoms with E-state index in [1.165, 1.54) is 0 Å². The third kappa shape index (κ3) is 3.10. The van der Waals surface area contributed by atoms with Crippen LogP contribution in [0.4, 0.5) is 11.8 Å². The molecule has 2 N–H and O–H groups in total. The Labute approximate surface area is 156 Å². The van der Waals surface area contributed by atoms with Gasteiger partial charge in [-0.3, -0.25) is 0 Å². The highest BCUT2D eigenvalue weighted by atomic mass is 16.7. The summed E-state index contributed by atoms with van der Waals surface area (Å²) >= 11 is 0. The fourth-order valence-corrected chi connectivity index (χ4v) is 3.02. The quantitative estimate of drug-likeness (QED) is 0.735. The van der Waals surface area contributed by atoms with Gasteiger partial charge in [0.25, 0.3) is 0 Å². The molecule has 2 aromatic carbocycles. The van der Waals surface area contributed by atoms with E-state index in [1.807, 2.05) is 30.1 Å². The molecule has 0 radical (unpaired) electrons. The van der Waals surface area contributed by atoms with E-state index in [-0.39, 0.29) is 6.79 Å². The second-order valence-electron chi connectivity index (χ2n) is 6.18. The molecule has 27 heavy (non-hydrogen) atoms. The van der Waals surface area contributed by atoms with Crippen LogP contribution in [0.2, 0.25) is 0 Å². The first-order valence-electron chi connectivity index (χ1n) is 8.38. The topological polar surface area (TPSA) is 92.0 Å². The number of hydrogen-bond donors (Lipinski definition) is 1. The lowest BCUT2D eigenvalue weighted by atomic mass is 10.2. The third-order valence-electron chi connectivity index (χ3n) is 4.42. The summed E-state index contributed by atoms with van der Waals surface area (Å²) in [6, 6.07) is 9.42. The highest BCUT2D eigenvalue weighted by molar-refractivity contribution is 5.91. The fourth-order valence-electron chi connectivity index (χ4n) is 3.02. The van der Waals surface area contributed by atoms with E-state index in [4.69, 9.17) is 24.7 Å². The van der Waals surface area contributed by atoms with Crippen LogP contribution in [0.3, 0.4) is 0 Å². The molecule has 0 bridgehead atoms. The molecule has 0 unspecified atom stereocenters.